The molecule has 1 saturated carbocycles. The molecule has 7 aromatic rings. The predicted octanol–water partition coefficient (Wildman–Crippen LogP) is 8.47. The van der Waals surface area contributed by atoms with Crippen LogP contribution in [0.4, 0.5) is 0 Å². The molecular formula is C53H56ClN11O5S2. The first-order valence-electron chi connectivity index (χ1n) is 24.1. The number of aromatic nitrogens is 7. The Kier molecular flexibility index (Phi) is 13.5. The van der Waals surface area contributed by atoms with Gasteiger partial charge in [-0.15, -0.1) is 32.9 Å². The molecule has 19 heteroatoms. The number of carbonyl (C=O) groups is 3. The molecule has 7 heterocycles. The number of ether oxygens (including phenoxy) is 1. The SMILES string of the molecule is Cc1ncsc1-c1ccc(CNC(=O)[C@@H]2C[C@@H](O)CN2C(=O)[C@H](n2cc(-c3ccnc(O[C@H]4C[C@H](NC(=O)C[C@@H]5N=C(c6ccc(Cl)cc6)c6c(sc(C)c6C)-n6c(C)nnc65)C4)c3)cn2)C(C)(C)C)cc1. The molecule has 0 bridgehead atoms. The second kappa shape index (κ2) is 19.8. The average molecular weight is 1030 g/mol. The maximum Gasteiger partial charge on any atom is 0.248 e. The summed E-state index contributed by atoms with van der Waals surface area (Å²) in [7, 11) is 0. The lowest BCUT2D eigenvalue weighted by molar-refractivity contribution is -0.144. The Morgan fingerprint density at radius 2 is 1.68 bits per heavy atom. The molecule has 0 unspecified atom stereocenters. The van der Waals surface area contributed by atoms with E-state index >= 15 is 0 Å². The number of aliphatic hydroxyl groups excluding tert-OH is 1. The number of rotatable bonds is 13. The van der Waals surface area contributed by atoms with Gasteiger partial charge in [-0.1, -0.05) is 68.8 Å². The summed E-state index contributed by atoms with van der Waals surface area (Å²) < 4.78 is 10.0. The fourth-order valence-corrected chi connectivity index (χ4v) is 12.0. The average Bonchev–Trinajstić information content (AvgIpc) is 4.18. The van der Waals surface area contributed by atoms with Crippen LogP contribution in [0.3, 0.4) is 0 Å². The smallest absolute Gasteiger partial charge is 0.248 e. The van der Waals surface area contributed by atoms with E-state index in [0.717, 1.165) is 66.1 Å². The van der Waals surface area contributed by atoms with Crippen molar-refractivity contribution >= 4 is 57.7 Å². The number of thiophene rings is 1. The number of likely N-dealkylation sites (tertiary alicyclic amines) is 1. The summed E-state index contributed by atoms with van der Waals surface area (Å²) in [5.41, 5.74) is 9.56. The third-order valence-corrected chi connectivity index (χ3v) is 16.2. The zero-order valence-electron chi connectivity index (χ0n) is 41.1. The lowest BCUT2D eigenvalue weighted by Gasteiger charge is -2.35. The third-order valence-electron chi connectivity index (χ3n) is 13.8. The van der Waals surface area contributed by atoms with Gasteiger partial charge in [-0.3, -0.25) is 28.6 Å². The fourth-order valence-electron chi connectivity index (χ4n) is 9.83. The van der Waals surface area contributed by atoms with Gasteiger partial charge in [0.2, 0.25) is 23.6 Å². The molecule has 5 aromatic heterocycles. The Labute approximate surface area is 430 Å². The number of aliphatic imine (C=N–C) groups is 1. The van der Waals surface area contributed by atoms with Gasteiger partial charge < -0.3 is 25.4 Å². The topological polar surface area (TPSA) is 195 Å². The van der Waals surface area contributed by atoms with Crippen LogP contribution in [0, 0.1) is 33.1 Å². The van der Waals surface area contributed by atoms with E-state index in [2.05, 4.69) is 49.7 Å². The standard InChI is InChI=1S/C53H56ClN11O5S2/c1-28-30(3)72-52-45(28)46(33-12-14-37(54)15-13-33)60-41(49-62-61-31(4)65(49)52)22-43(67)59-38-19-40(20-38)70-44-18-35(16-17-55-44)36-24-58-64(25-36)48(53(5,6)7)51(69)63-26-39(66)21-42(63)50(68)56-23-32-8-10-34(11-9-32)47-29(2)57-27-71-47/h8-18,24-25,27,38-42,48,66H,19-23,26H2,1-7H3,(H,56,68)(H,59,67)/t38-,39-,40-,41+,42+,48+/m1/s1. The summed E-state index contributed by atoms with van der Waals surface area (Å²) in [6, 6.07) is 17.0. The number of benzene rings is 2. The van der Waals surface area contributed by atoms with Gasteiger partial charge in [0.05, 0.1) is 40.5 Å². The van der Waals surface area contributed by atoms with E-state index in [1.54, 1.807) is 39.7 Å². The number of hydrogen-bond acceptors (Lipinski definition) is 13. The zero-order chi connectivity index (χ0) is 50.6. The minimum Gasteiger partial charge on any atom is -0.474 e. The first-order valence-corrected chi connectivity index (χ1v) is 26.1. The van der Waals surface area contributed by atoms with Gasteiger partial charge in [0, 0.05) is 83.4 Å². The number of pyridine rings is 1. The molecule has 3 N–H and O–H groups in total. The van der Waals surface area contributed by atoms with Crippen LogP contribution in [-0.2, 0) is 20.9 Å². The Morgan fingerprint density at radius 1 is 0.931 bits per heavy atom. The van der Waals surface area contributed by atoms with Crippen LogP contribution in [0.1, 0.15) is 103 Å². The summed E-state index contributed by atoms with van der Waals surface area (Å²) in [6.07, 6.45) is 5.62. The molecule has 372 valence electrons. The maximum atomic E-state index is 14.6. The Bertz CT molecular complexity index is 3200. The molecule has 16 nitrogen and oxygen atoms in total. The molecule has 0 spiro atoms. The highest BCUT2D eigenvalue weighted by Crippen LogP contribution is 2.41. The summed E-state index contributed by atoms with van der Waals surface area (Å²) in [5.74, 6) is 1.02. The number of β-amino-alcohol motifs (C(OH)–C–C–N with tert-alkyl or cyclic N) is 1. The van der Waals surface area contributed by atoms with Gasteiger partial charge in [0.15, 0.2) is 5.82 Å². The lowest BCUT2D eigenvalue weighted by Crippen LogP contribution is -2.50. The number of hydrogen-bond donors (Lipinski definition) is 3. The van der Waals surface area contributed by atoms with Crippen molar-refractivity contribution in [2.24, 2.45) is 10.4 Å². The van der Waals surface area contributed by atoms with Crippen LogP contribution in [0.2, 0.25) is 5.02 Å². The molecule has 1 saturated heterocycles. The second-order valence-corrected chi connectivity index (χ2v) is 22.5. The normalized spacial score (nSPS) is 19.9. The first-order chi connectivity index (χ1) is 34.5. The minimum absolute atomic E-state index is 0.0397. The number of halogens is 1. The van der Waals surface area contributed by atoms with Crippen molar-refractivity contribution < 1.29 is 24.2 Å². The number of carbonyl (C=O) groups excluding carboxylic acids is 3. The molecule has 2 aliphatic heterocycles. The number of amides is 3. The molecule has 1 aliphatic carbocycles. The van der Waals surface area contributed by atoms with Crippen LogP contribution >= 0.6 is 34.3 Å². The van der Waals surface area contributed by atoms with Gasteiger partial charge in [-0.05, 0) is 73.6 Å². The molecule has 4 atom stereocenters. The van der Waals surface area contributed by atoms with Gasteiger partial charge in [-0.25, -0.2) is 9.97 Å². The van der Waals surface area contributed by atoms with Crippen molar-refractivity contribution in [3.63, 3.8) is 0 Å². The van der Waals surface area contributed by atoms with E-state index < -0.39 is 29.6 Å². The van der Waals surface area contributed by atoms with Crippen molar-refractivity contribution in [3.8, 4) is 32.4 Å². The van der Waals surface area contributed by atoms with Crippen LogP contribution in [0.15, 0.2) is 89.8 Å². The molecule has 2 aromatic carbocycles. The molecule has 10 rings (SSSR count). The number of aliphatic hydroxyl groups is 1. The number of nitrogens with zero attached hydrogens (tertiary/aromatic N) is 9. The molecular weight excluding hydrogens is 970 g/mol. The highest BCUT2D eigenvalue weighted by molar-refractivity contribution is 7.15. The van der Waals surface area contributed by atoms with E-state index in [4.69, 9.17) is 21.3 Å². The van der Waals surface area contributed by atoms with E-state index in [1.807, 2.05) is 112 Å². The fraction of sp³-hybridized carbons (Fsp3) is 0.377. The molecule has 3 aliphatic rings. The minimum atomic E-state index is -0.841. The summed E-state index contributed by atoms with van der Waals surface area (Å²) >= 11 is 9.54. The quantitative estimate of drug-likeness (QED) is 0.101. The number of fused-ring (bicyclic) bond motifs is 3. The maximum absolute atomic E-state index is 14.6. The third kappa shape index (κ3) is 9.84. The van der Waals surface area contributed by atoms with Crippen molar-refractivity contribution in [1.29, 1.82) is 0 Å². The predicted molar refractivity (Wildman–Crippen MR) is 278 cm³/mol. The van der Waals surface area contributed by atoms with E-state index in [9.17, 15) is 19.5 Å². The number of thiazole rings is 1. The number of aryl methyl sites for hydroxylation is 3. The summed E-state index contributed by atoms with van der Waals surface area (Å²) in [5, 5.41) is 32.3. The van der Waals surface area contributed by atoms with Crippen molar-refractivity contribution in [2.75, 3.05) is 6.54 Å². The second-order valence-electron chi connectivity index (χ2n) is 20.0. The van der Waals surface area contributed by atoms with Crippen LogP contribution in [0.25, 0.3) is 26.6 Å². The zero-order valence-corrected chi connectivity index (χ0v) is 43.5. The molecule has 2 fully saturated rings. The van der Waals surface area contributed by atoms with Crippen LogP contribution < -0.4 is 15.4 Å². The van der Waals surface area contributed by atoms with Gasteiger partial charge >= 0.3 is 0 Å². The molecule has 3 amide bonds. The monoisotopic (exact) mass is 1030 g/mol. The van der Waals surface area contributed by atoms with Crippen molar-refractivity contribution in [1.82, 2.24) is 50.0 Å². The van der Waals surface area contributed by atoms with Gasteiger partial charge in [-0.2, -0.15) is 5.10 Å². The summed E-state index contributed by atoms with van der Waals surface area (Å²) in [4.78, 5) is 59.9. The van der Waals surface area contributed by atoms with Crippen LogP contribution in [-0.4, -0.2) is 98.8 Å². The number of nitrogens with one attached hydrogen (secondary N) is 2. The molecule has 0 radical (unpaired) electrons. The highest BCUT2D eigenvalue weighted by Gasteiger charge is 2.45. The Balaban J connectivity index is 0.767. The van der Waals surface area contributed by atoms with Gasteiger partial charge in [0.25, 0.3) is 0 Å². The van der Waals surface area contributed by atoms with E-state index in [1.165, 1.54) is 9.78 Å². The first kappa shape index (κ1) is 49.0. The Hall–Kier alpha value is -6.60. The molecule has 72 heavy (non-hydrogen) atoms. The largest absolute Gasteiger partial charge is 0.474 e. The lowest BCUT2D eigenvalue weighted by atomic mass is 9.85. The van der Waals surface area contributed by atoms with E-state index in [-0.39, 0.29) is 55.8 Å². The van der Waals surface area contributed by atoms with Crippen molar-refractivity contribution in [3.05, 3.63) is 134 Å². The van der Waals surface area contributed by atoms with E-state index in [0.29, 0.717) is 29.6 Å². The highest BCUT2D eigenvalue weighted by atomic mass is 35.5. The van der Waals surface area contributed by atoms with Crippen LogP contribution in [0.5, 0.6) is 5.88 Å². The Morgan fingerprint density at radius 3 is 2.40 bits per heavy atom. The van der Waals surface area contributed by atoms with Gasteiger partial charge in [0.1, 0.15) is 35.1 Å². The summed E-state index contributed by atoms with van der Waals surface area (Å²) in [6.45, 7) is 14.3. The van der Waals surface area contributed by atoms with Crippen molar-refractivity contribution in [2.45, 2.75) is 117 Å².